The predicted molar refractivity (Wildman–Crippen MR) is 147 cm³/mol. The van der Waals surface area contributed by atoms with Crippen LogP contribution in [0, 0.1) is 0 Å². The number of halogens is 1. The molecule has 12 heteroatoms. The Hall–Kier alpha value is -1.76. The second-order valence-corrected chi connectivity index (χ2v) is 14.4. The molecule has 1 N–H and O–H groups in total. The molecule has 2 unspecified atom stereocenters. The molecule has 0 aromatic carbocycles. The molecule has 2 aromatic rings. The molecule has 5 rings (SSSR count). The van der Waals surface area contributed by atoms with E-state index in [2.05, 4.69) is 21.8 Å². The van der Waals surface area contributed by atoms with E-state index < -0.39 is 16.1 Å². The Labute approximate surface area is 230 Å². The lowest BCUT2D eigenvalue weighted by atomic mass is 10.1. The van der Waals surface area contributed by atoms with Gasteiger partial charge in [-0.15, -0.1) is 22.7 Å². The summed E-state index contributed by atoms with van der Waals surface area (Å²) in [5.74, 6) is -0.383. The van der Waals surface area contributed by atoms with Crippen LogP contribution in [-0.4, -0.2) is 86.3 Å². The maximum absolute atomic E-state index is 13.2. The second kappa shape index (κ2) is 11.5. The Morgan fingerprint density at radius 1 is 1.03 bits per heavy atom. The van der Waals surface area contributed by atoms with Gasteiger partial charge < -0.3 is 9.80 Å². The van der Waals surface area contributed by atoms with Crippen LogP contribution < -0.4 is 4.72 Å². The highest BCUT2D eigenvalue weighted by Gasteiger charge is 2.36. The fourth-order valence-electron chi connectivity index (χ4n) is 5.26. The maximum Gasteiger partial charge on any atom is 0.250 e. The van der Waals surface area contributed by atoms with Crippen LogP contribution in [0.3, 0.4) is 0 Å². The van der Waals surface area contributed by atoms with Gasteiger partial charge in [-0.1, -0.05) is 23.8 Å². The molecule has 200 valence electrons. The fraction of sp³-hybridized carbons (Fsp3) is 0.520. The third kappa shape index (κ3) is 6.29. The minimum absolute atomic E-state index is 0.00422. The largest absolute Gasteiger partial charge is 0.337 e. The van der Waals surface area contributed by atoms with Crippen LogP contribution in [-0.2, 0) is 19.6 Å². The quantitative estimate of drug-likeness (QED) is 0.480. The van der Waals surface area contributed by atoms with E-state index in [4.69, 9.17) is 11.6 Å². The van der Waals surface area contributed by atoms with Gasteiger partial charge in [0, 0.05) is 48.5 Å². The van der Waals surface area contributed by atoms with E-state index in [-0.39, 0.29) is 28.6 Å². The first kappa shape index (κ1) is 26.8. The highest BCUT2D eigenvalue weighted by Crippen LogP contribution is 2.37. The van der Waals surface area contributed by atoms with Gasteiger partial charge in [-0.3, -0.25) is 14.5 Å². The van der Waals surface area contributed by atoms with Gasteiger partial charge in [0.25, 0.3) is 10.0 Å². The van der Waals surface area contributed by atoms with Gasteiger partial charge >= 0.3 is 0 Å². The van der Waals surface area contributed by atoms with Crippen LogP contribution in [0.25, 0.3) is 9.75 Å². The van der Waals surface area contributed by atoms with Crippen LogP contribution in [0.1, 0.15) is 32.1 Å². The standard InChI is InChI=1S/C25H31ClN4O4S3/c26-22-10-8-20(35-22)21-9-11-24(36-21)37(33,34)27-19-7-5-14-29(25(19)32)17-23(31)30-15-4-6-18(30)16-28-12-2-1-3-13-28/h1-2,8-11,18-19,27H,3-7,12-17H2. The number of nitrogens with one attached hydrogen (secondary N) is 1. The Bertz CT molecular complexity index is 1270. The van der Waals surface area contributed by atoms with E-state index in [0.717, 1.165) is 60.0 Å². The Kier molecular flexibility index (Phi) is 8.37. The third-order valence-corrected chi connectivity index (χ3v) is 11.6. The van der Waals surface area contributed by atoms with E-state index in [0.29, 0.717) is 30.3 Å². The molecule has 2 atom stereocenters. The number of sulfonamides is 1. The minimum atomic E-state index is -3.88. The predicted octanol–water partition coefficient (Wildman–Crippen LogP) is 3.65. The summed E-state index contributed by atoms with van der Waals surface area (Å²) < 4.78 is 29.6. The van der Waals surface area contributed by atoms with Crippen molar-refractivity contribution in [1.29, 1.82) is 0 Å². The van der Waals surface area contributed by atoms with Crippen molar-refractivity contribution >= 4 is 56.1 Å². The molecule has 2 fully saturated rings. The van der Waals surface area contributed by atoms with Crippen LogP contribution in [0.15, 0.2) is 40.6 Å². The van der Waals surface area contributed by atoms with E-state index in [1.165, 1.54) is 16.2 Å². The number of nitrogens with zero attached hydrogens (tertiary/aromatic N) is 3. The molecular weight excluding hydrogens is 552 g/mol. The van der Waals surface area contributed by atoms with Crippen molar-refractivity contribution in [2.24, 2.45) is 0 Å². The van der Waals surface area contributed by atoms with Crippen molar-refractivity contribution in [2.45, 2.75) is 48.4 Å². The lowest BCUT2D eigenvalue weighted by Gasteiger charge is -2.35. The molecule has 2 amide bonds. The first-order valence-corrected chi connectivity index (χ1v) is 16.1. The fourth-order valence-corrected chi connectivity index (χ4v) is 8.94. The molecule has 2 aromatic heterocycles. The van der Waals surface area contributed by atoms with Gasteiger partial charge in [0.15, 0.2) is 0 Å². The number of piperidine rings is 1. The van der Waals surface area contributed by atoms with E-state index in [1.54, 1.807) is 18.2 Å². The summed E-state index contributed by atoms with van der Waals surface area (Å²) in [5, 5.41) is 0. The van der Waals surface area contributed by atoms with Crippen molar-refractivity contribution in [3.05, 3.63) is 40.8 Å². The normalized spacial score (nSPS) is 23.2. The number of rotatable bonds is 8. The van der Waals surface area contributed by atoms with Crippen LogP contribution >= 0.6 is 34.3 Å². The van der Waals surface area contributed by atoms with Crippen molar-refractivity contribution in [3.63, 3.8) is 0 Å². The second-order valence-electron chi connectivity index (χ2n) is 9.70. The number of amides is 2. The average Bonchev–Trinajstić information content (AvgIpc) is 3.63. The molecule has 2 saturated heterocycles. The molecule has 3 aliphatic heterocycles. The zero-order valence-corrected chi connectivity index (χ0v) is 23.7. The molecule has 0 bridgehead atoms. The molecule has 8 nitrogen and oxygen atoms in total. The van der Waals surface area contributed by atoms with E-state index in [1.807, 2.05) is 11.0 Å². The molecule has 0 radical (unpaired) electrons. The van der Waals surface area contributed by atoms with Gasteiger partial charge in [-0.25, -0.2) is 8.42 Å². The molecular formula is C25H31ClN4O4S3. The molecule has 3 aliphatic rings. The number of carbonyl (C=O) groups excluding carboxylic acids is 2. The average molecular weight is 583 g/mol. The Balaban J connectivity index is 1.20. The van der Waals surface area contributed by atoms with E-state index >= 15 is 0 Å². The molecule has 0 saturated carbocycles. The topological polar surface area (TPSA) is 90.0 Å². The molecule has 0 spiro atoms. The van der Waals surface area contributed by atoms with Crippen molar-refractivity contribution in [1.82, 2.24) is 19.4 Å². The Morgan fingerprint density at radius 2 is 1.81 bits per heavy atom. The van der Waals surface area contributed by atoms with Crippen molar-refractivity contribution in [2.75, 3.05) is 39.3 Å². The van der Waals surface area contributed by atoms with Gasteiger partial charge in [-0.2, -0.15) is 4.72 Å². The highest BCUT2D eigenvalue weighted by atomic mass is 35.5. The summed E-state index contributed by atoms with van der Waals surface area (Å²) in [6, 6.07) is 6.23. The lowest BCUT2D eigenvalue weighted by Crippen LogP contribution is -2.55. The number of likely N-dealkylation sites (tertiary alicyclic amines) is 2. The first-order valence-electron chi connectivity index (χ1n) is 12.6. The van der Waals surface area contributed by atoms with Crippen LogP contribution in [0.5, 0.6) is 0 Å². The Morgan fingerprint density at radius 3 is 2.57 bits per heavy atom. The summed E-state index contributed by atoms with van der Waals surface area (Å²) >= 11 is 8.54. The van der Waals surface area contributed by atoms with Gasteiger partial charge in [0.1, 0.15) is 10.3 Å². The number of carbonyl (C=O) groups is 2. The third-order valence-electron chi connectivity index (χ3n) is 7.13. The zero-order chi connectivity index (χ0) is 26.0. The van der Waals surface area contributed by atoms with Gasteiger partial charge in [0.2, 0.25) is 11.8 Å². The molecule has 0 aliphatic carbocycles. The maximum atomic E-state index is 13.2. The summed E-state index contributed by atoms with van der Waals surface area (Å²) in [7, 11) is -3.88. The number of hydrogen-bond donors (Lipinski definition) is 1. The summed E-state index contributed by atoms with van der Waals surface area (Å²) in [4.78, 5) is 33.9. The summed E-state index contributed by atoms with van der Waals surface area (Å²) in [5.41, 5.74) is 0. The van der Waals surface area contributed by atoms with Crippen molar-refractivity contribution < 1.29 is 18.0 Å². The van der Waals surface area contributed by atoms with Crippen molar-refractivity contribution in [3.8, 4) is 9.75 Å². The van der Waals surface area contributed by atoms with Gasteiger partial charge in [-0.05, 0) is 56.4 Å². The monoisotopic (exact) mass is 582 g/mol. The first-order chi connectivity index (χ1) is 17.8. The summed E-state index contributed by atoms with van der Waals surface area (Å²) in [6.07, 6.45) is 8.40. The lowest BCUT2D eigenvalue weighted by molar-refractivity contribution is -0.143. The minimum Gasteiger partial charge on any atom is -0.337 e. The molecule has 5 heterocycles. The SMILES string of the molecule is O=C1C(NS(=O)(=O)c2ccc(-c3ccc(Cl)s3)s2)CCCN1CC(=O)N1CCCC1CN1CC=CCC1. The molecule has 37 heavy (non-hydrogen) atoms. The number of thiophene rings is 2. The number of hydrogen-bond acceptors (Lipinski definition) is 7. The van der Waals surface area contributed by atoms with Crippen LogP contribution in [0.2, 0.25) is 4.34 Å². The zero-order valence-electron chi connectivity index (χ0n) is 20.5. The summed E-state index contributed by atoms with van der Waals surface area (Å²) in [6.45, 7) is 3.94. The van der Waals surface area contributed by atoms with Crippen LogP contribution in [0.4, 0.5) is 0 Å². The van der Waals surface area contributed by atoms with Gasteiger partial charge in [0.05, 0.1) is 10.9 Å². The highest BCUT2D eigenvalue weighted by molar-refractivity contribution is 7.91. The smallest absolute Gasteiger partial charge is 0.250 e. The van der Waals surface area contributed by atoms with E-state index in [9.17, 15) is 18.0 Å².